The van der Waals surface area contributed by atoms with Crippen molar-refractivity contribution in [3.8, 4) is 0 Å². The molecular formula is C15H27NO4. The highest BCUT2D eigenvalue weighted by Crippen LogP contribution is 2.29. The Hall–Kier alpha value is -1.10. The number of hydrogen-bond donors (Lipinski definition) is 2. The zero-order chi connectivity index (χ0) is 15.3. The number of hydrogen-bond acceptors (Lipinski definition) is 3. The molecule has 1 amide bonds. The molecule has 1 aliphatic carbocycles. The van der Waals surface area contributed by atoms with Crippen LogP contribution in [-0.4, -0.2) is 36.7 Å². The Morgan fingerprint density at radius 2 is 1.90 bits per heavy atom. The van der Waals surface area contributed by atoms with Crippen molar-refractivity contribution in [2.24, 2.45) is 17.3 Å². The monoisotopic (exact) mass is 285 g/mol. The molecule has 0 aromatic carbocycles. The molecule has 5 nitrogen and oxygen atoms in total. The van der Waals surface area contributed by atoms with Gasteiger partial charge in [0.15, 0.2) is 0 Å². The number of carboxylic acids is 1. The zero-order valence-electron chi connectivity index (χ0n) is 12.9. The highest BCUT2D eigenvalue weighted by Gasteiger charge is 2.32. The Bertz CT molecular complexity index is 348. The summed E-state index contributed by atoms with van der Waals surface area (Å²) in [5.41, 5.74) is -0.0435. The van der Waals surface area contributed by atoms with E-state index in [1.165, 1.54) is 0 Å². The number of ether oxygens (including phenoxy) is 1. The Morgan fingerprint density at radius 3 is 2.40 bits per heavy atom. The number of aliphatic carboxylic acids is 1. The van der Waals surface area contributed by atoms with Crippen LogP contribution in [0, 0.1) is 17.3 Å². The molecule has 3 unspecified atom stereocenters. The number of amides is 1. The second kappa shape index (κ2) is 7.07. The standard InChI is InChI=1S/C15H27NO4/c1-15(2,3)12(20-4)9-16-13(17)10-6-5-7-11(8-10)14(18)19/h10-12H,5-9H2,1-4H3,(H,16,17)(H,18,19). The van der Waals surface area contributed by atoms with Crippen molar-refractivity contribution in [3.05, 3.63) is 0 Å². The van der Waals surface area contributed by atoms with Gasteiger partial charge in [-0.2, -0.15) is 0 Å². The molecule has 1 aliphatic rings. The van der Waals surface area contributed by atoms with E-state index >= 15 is 0 Å². The Morgan fingerprint density at radius 1 is 1.30 bits per heavy atom. The number of methoxy groups -OCH3 is 1. The van der Waals surface area contributed by atoms with Crippen molar-refractivity contribution < 1.29 is 19.4 Å². The van der Waals surface area contributed by atoms with E-state index in [4.69, 9.17) is 9.84 Å². The van der Waals surface area contributed by atoms with E-state index in [0.717, 1.165) is 12.8 Å². The van der Waals surface area contributed by atoms with Crippen LogP contribution in [0.25, 0.3) is 0 Å². The van der Waals surface area contributed by atoms with Gasteiger partial charge in [0.05, 0.1) is 12.0 Å². The number of carbonyl (C=O) groups is 2. The zero-order valence-corrected chi connectivity index (χ0v) is 12.9. The molecule has 0 bridgehead atoms. The molecule has 0 aromatic heterocycles. The minimum absolute atomic E-state index is 0.0396. The lowest BCUT2D eigenvalue weighted by molar-refractivity contribution is -0.144. The van der Waals surface area contributed by atoms with Crippen LogP contribution in [0.15, 0.2) is 0 Å². The average molecular weight is 285 g/mol. The number of carboxylic acid groups (broad SMARTS) is 1. The van der Waals surface area contributed by atoms with E-state index in [-0.39, 0.29) is 29.3 Å². The van der Waals surface area contributed by atoms with Crippen LogP contribution >= 0.6 is 0 Å². The Kier molecular flexibility index (Phi) is 5.99. The minimum Gasteiger partial charge on any atom is -0.481 e. The van der Waals surface area contributed by atoms with E-state index in [1.807, 2.05) is 0 Å². The smallest absolute Gasteiger partial charge is 0.306 e. The summed E-state index contributed by atoms with van der Waals surface area (Å²) in [6, 6.07) is 0. The second-order valence-electron chi connectivity index (χ2n) is 6.73. The molecule has 20 heavy (non-hydrogen) atoms. The summed E-state index contributed by atoms with van der Waals surface area (Å²) in [6.45, 7) is 6.66. The van der Waals surface area contributed by atoms with Crippen molar-refractivity contribution in [3.63, 3.8) is 0 Å². The van der Waals surface area contributed by atoms with Gasteiger partial charge in [0.2, 0.25) is 5.91 Å². The Balaban J connectivity index is 2.48. The third kappa shape index (κ3) is 4.78. The first-order valence-electron chi connectivity index (χ1n) is 7.29. The molecule has 1 rings (SSSR count). The van der Waals surface area contributed by atoms with Gasteiger partial charge in [-0.05, 0) is 24.7 Å². The quantitative estimate of drug-likeness (QED) is 0.810. The first-order valence-corrected chi connectivity index (χ1v) is 7.29. The molecule has 0 radical (unpaired) electrons. The molecule has 0 saturated heterocycles. The molecule has 0 aromatic rings. The van der Waals surface area contributed by atoms with E-state index in [0.29, 0.717) is 19.4 Å². The summed E-state index contributed by atoms with van der Waals surface area (Å²) in [6.07, 6.45) is 2.67. The van der Waals surface area contributed by atoms with Crippen LogP contribution in [0.3, 0.4) is 0 Å². The van der Waals surface area contributed by atoms with Crippen molar-refractivity contribution in [1.82, 2.24) is 5.32 Å². The lowest BCUT2D eigenvalue weighted by Gasteiger charge is -2.31. The molecular weight excluding hydrogens is 258 g/mol. The fourth-order valence-electron chi connectivity index (χ4n) is 2.73. The lowest BCUT2D eigenvalue weighted by atomic mass is 9.81. The molecule has 2 N–H and O–H groups in total. The third-order valence-corrected chi connectivity index (χ3v) is 4.11. The van der Waals surface area contributed by atoms with Gasteiger partial charge in [-0.25, -0.2) is 0 Å². The van der Waals surface area contributed by atoms with Crippen LogP contribution in [0.1, 0.15) is 46.5 Å². The second-order valence-corrected chi connectivity index (χ2v) is 6.73. The molecule has 1 saturated carbocycles. The van der Waals surface area contributed by atoms with Gasteiger partial charge in [-0.15, -0.1) is 0 Å². The topological polar surface area (TPSA) is 75.6 Å². The van der Waals surface area contributed by atoms with Gasteiger partial charge < -0.3 is 15.2 Å². The van der Waals surface area contributed by atoms with E-state index in [9.17, 15) is 9.59 Å². The summed E-state index contributed by atoms with van der Waals surface area (Å²) in [5, 5.41) is 12.0. The van der Waals surface area contributed by atoms with Crippen molar-refractivity contribution in [2.75, 3.05) is 13.7 Å². The van der Waals surface area contributed by atoms with Gasteiger partial charge in [-0.3, -0.25) is 9.59 Å². The van der Waals surface area contributed by atoms with E-state index < -0.39 is 5.97 Å². The van der Waals surface area contributed by atoms with Gasteiger partial charge in [0.1, 0.15) is 0 Å². The number of nitrogens with one attached hydrogen (secondary N) is 1. The van der Waals surface area contributed by atoms with Crippen LogP contribution in [0.2, 0.25) is 0 Å². The van der Waals surface area contributed by atoms with Crippen molar-refractivity contribution >= 4 is 11.9 Å². The molecule has 5 heteroatoms. The maximum absolute atomic E-state index is 12.2. The first-order chi connectivity index (χ1) is 9.25. The largest absolute Gasteiger partial charge is 0.481 e. The summed E-state index contributed by atoms with van der Waals surface area (Å²) in [5.74, 6) is -1.38. The fourth-order valence-corrected chi connectivity index (χ4v) is 2.73. The molecule has 1 fully saturated rings. The summed E-state index contributed by atoms with van der Waals surface area (Å²) in [4.78, 5) is 23.2. The van der Waals surface area contributed by atoms with Crippen LogP contribution in [-0.2, 0) is 14.3 Å². The van der Waals surface area contributed by atoms with Crippen LogP contribution < -0.4 is 5.32 Å². The summed E-state index contributed by atoms with van der Waals surface area (Å²) < 4.78 is 5.40. The van der Waals surface area contributed by atoms with Gasteiger partial charge >= 0.3 is 5.97 Å². The average Bonchev–Trinajstić information content (AvgIpc) is 2.37. The van der Waals surface area contributed by atoms with Crippen molar-refractivity contribution in [1.29, 1.82) is 0 Å². The Labute approximate surface area is 121 Å². The van der Waals surface area contributed by atoms with Crippen LogP contribution in [0.4, 0.5) is 0 Å². The van der Waals surface area contributed by atoms with Crippen LogP contribution in [0.5, 0.6) is 0 Å². The maximum Gasteiger partial charge on any atom is 0.306 e. The van der Waals surface area contributed by atoms with Gasteiger partial charge in [0, 0.05) is 19.6 Å². The SMILES string of the molecule is COC(CNC(=O)C1CCCC(C(=O)O)C1)C(C)(C)C. The predicted octanol–water partition coefficient (Wildman–Crippen LogP) is 2.05. The first kappa shape index (κ1) is 17.0. The molecule has 0 spiro atoms. The summed E-state index contributed by atoms with van der Waals surface area (Å²) in [7, 11) is 1.64. The lowest BCUT2D eigenvalue weighted by Crippen LogP contribution is -2.43. The molecule has 0 heterocycles. The van der Waals surface area contributed by atoms with E-state index in [1.54, 1.807) is 7.11 Å². The highest BCUT2D eigenvalue weighted by molar-refractivity contribution is 5.80. The molecule has 0 aliphatic heterocycles. The molecule has 116 valence electrons. The van der Waals surface area contributed by atoms with Gasteiger partial charge in [-0.1, -0.05) is 27.2 Å². The number of carbonyl (C=O) groups excluding carboxylic acids is 1. The highest BCUT2D eigenvalue weighted by atomic mass is 16.5. The third-order valence-electron chi connectivity index (χ3n) is 4.11. The minimum atomic E-state index is -0.785. The molecule has 3 atom stereocenters. The normalized spacial score (nSPS) is 25.0. The van der Waals surface area contributed by atoms with E-state index in [2.05, 4.69) is 26.1 Å². The van der Waals surface area contributed by atoms with Crippen molar-refractivity contribution in [2.45, 2.75) is 52.6 Å². The predicted molar refractivity (Wildman–Crippen MR) is 76.3 cm³/mol. The van der Waals surface area contributed by atoms with Gasteiger partial charge in [0.25, 0.3) is 0 Å². The summed E-state index contributed by atoms with van der Waals surface area (Å²) >= 11 is 0. The maximum atomic E-state index is 12.2. The fraction of sp³-hybridized carbons (Fsp3) is 0.867. The number of rotatable bonds is 5.